The van der Waals surface area contributed by atoms with Gasteiger partial charge >= 0.3 is 6.36 Å². The molecule has 1 aromatic heterocycles. The lowest BCUT2D eigenvalue weighted by atomic mass is 10.2. The zero-order chi connectivity index (χ0) is 15.9. The van der Waals surface area contributed by atoms with Crippen LogP contribution in [-0.4, -0.2) is 15.9 Å². The maximum Gasteiger partial charge on any atom is 0.573 e. The number of hydrogen-bond donors (Lipinski definition) is 1. The van der Waals surface area contributed by atoms with E-state index in [1.807, 2.05) is 0 Å². The van der Waals surface area contributed by atoms with E-state index in [1.165, 1.54) is 24.3 Å². The maximum absolute atomic E-state index is 12.2. The van der Waals surface area contributed by atoms with Crippen LogP contribution in [0, 0.1) is 4.77 Å². The van der Waals surface area contributed by atoms with Crippen molar-refractivity contribution in [1.82, 2.24) is 9.55 Å². The third kappa shape index (κ3) is 2.95. The Labute approximate surface area is 132 Å². The highest BCUT2D eigenvalue weighted by atomic mass is 35.5. The first-order chi connectivity index (χ1) is 10.3. The molecular formula is C14H8ClF3N2OS. The number of alkyl halides is 3. The van der Waals surface area contributed by atoms with E-state index in [4.69, 9.17) is 23.8 Å². The Balaban J connectivity index is 2.05. The quantitative estimate of drug-likeness (QED) is 0.644. The topological polar surface area (TPSA) is 29.9 Å². The predicted octanol–water partition coefficient (Wildman–Crippen LogP) is 5.24. The third-order valence-corrected chi connectivity index (χ3v) is 3.49. The summed E-state index contributed by atoms with van der Waals surface area (Å²) in [7, 11) is 0. The van der Waals surface area contributed by atoms with E-state index < -0.39 is 6.36 Å². The van der Waals surface area contributed by atoms with E-state index in [-0.39, 0.29) is 5.75 Å². The van der Waals surface area contributed by atoms with Crippen LogP contribution in [0.3, 0.4) is 0 Å². The van der Waals surface area contributed by atoms with Gasteiger partial charge in [-0.05, 0) is 54.7 Å². The normalized spacial score (nSPS) is 11.8. The fourth-order valence-electron chi connectivity index (χ4n) is 2.14. The lowest BCUT2D eigenvalue weighted by Gasteiger charge is -2.10. The van der Waals surface area contributed by atoms with Gasteiger partial charge in [0.25, 0.3) is 0 Å². The summed E-state index contributed by atoms with van der Waals surface area (Å²) in [6.45, 7) is 0. The van der Waals surface area contributed by atoms with Gasteiger partial charge in [0, 0.05) is 10.7 Å². The van der Waals surface area contributed by atoms with Crippen molar-refractivity contribution in [3.05, 3.63) is 52.3 Å². The molecule has 114 valence electrons. The van der Waals surface area contributed by atoms with Crippen molar-refractivity contribution in [3.63, 3.8) is 0 Å². The summed E-state index contributed by atoms with van der Waals surface area (Å²) >= 11 is 11.2. The molecule has 0 fully saturated rings. The molecule has 22 heavy (non-hydrogen) atoms. The second kappa shape index (κ2) is 5.33. The van der Waals surface area contributed by atoms with Gasteiger partial charge < -0.3 is 9.72 Å². The first-order valence-corrected chi connectivity index (χ1v) is 6.88. The molecule has 0 amide bonds. The van der Waals surface area contributed by atoms with E-state index in [1.54, 1.807) is 22.8 Å². The largest absolute Gasteiger partial charge is 0.573 e. The number of aromatic amines is 1. The zero-order valence-corrected chi connectivity index (χ0v) is 12.4. The zero-order valence-electron chi connectivity index (χ0n) is 10.8. The monoisotopic (exact) mass is 344 g/mol. The van der Waals surface area contributed by atoms with E-state index in [0.717, 1.165) is 11.0 Å². The second-order valence-electron chi connectivity index (χ2n) is 4.47. The minimum Gasteiger partial charge on any atom is -0.406 e. The molecule has 1 N–H and O–H groups in total. The molecule has 3 aromatic rings. The number of nitrogens with one attached hydrogen (secondary N) is 1. The van der Waals surface area contributed by atoms with Gasteiger partial charge in [0.15, 0.2) is 4.77 Å². The van der Waals surface area contributed by atoms with Crippen molar-refractivity contribution >= 4 is 34.9 Å². The Morgan fingerprint density at radius 3 is 2.41 bits per heavy atom. The fraction of sp³-hybridized carbons (Fsp3) is 0.0714. The third-order valence-electron chi connectivity index (χ3n) is 2.97. The number of nitrogens with zero attached hydrogens (tertiary/aromatic N) is 1. The van der Waals surface area contributed by atoms with Crippen LogP contribution in [0.15, 0.2) is 42.5 Å². The van der Waals surface area contributed by atoms with Gasteiger partial charge in [0.2, 0.25) is 0 Å². The van der Waals surface area contributed by atoms with E-state index in [9.17, 15) is 13.2 Å². The number of rotatable bonds is 2. The van der Waals surface area contributed by atoms with Crippen LogP contribution in [-0.2, 0) is 0 Å². The summed E-state index contributed by atoms with van der Waals surface area (Å²) < 4.78 is 42.5. The number of H-pyrrole nitrogens is 1. The number of ether oxygens (including phenoxy) is 1. The molecule has 0 atom stereocenters. The highest BCUT2D eigenvalue weighted by molar-refractivity contribution is 7.71. The van der Waals surface area contributed by atoms with Gasteiger partial charge in [0.1, 0.15) is 5.75 Å². The van der Waals surface area contributed by atoms with E-state index in [0.29, 0.717) is 15.5 Å². The van der Waals surface area contributed by atoms with Crippen molar-refractivity contribution in [2.45, 2.75) is 6.36 Å². The Morgan fingerprint density at radius 1 is 1.09 bits per heavy atom. The SMILES string of the molecule is FC(F)(F)Oc1ccc(-n2c(=S)[nH]c3cc(Cl)ccc32)cc1. The highest BCUT2D eigenvalue weighted by Crippen LogP contribution is 2.26. The number of benzene rings is 2. The molecule has 1 heterocycles. The van der Waals surface area contributed by atoms with Gasteiger partial charge in [0.05, 0.1) is 11.0 Å². The van der Waals surface area contributed by atoms with Gasteiger partial charge in [-0.1, -0.05) is 11.6 Å². The molecule has 3 nitrogen and oxygen atoms in total. The molecule has 0 aliphatic carbocycles. The van der Waals surface area contributed by atoms with Gasteiger partial charge in [-0.3, -0.25) is 4.57 Å². The average Bonchev–Trinajstić information content (AvgIpc) is 2.73. The van der Waals surface area contributed by atoms with Crippen LogP contribution in [0.2, 0.25) is 5.02 Å². The molecule has 2 aromatic carbocycles. The summed E-state index contributed by atoms with van der Waals surface area (Å²) in [5, 5.41) is 0.560. The van der Waals surface area contributed by atoms with Crippen molar-refractivity contribution in [2.75, 3.05) is 0 Å². The molecule has 0 saturated heterocycles. The van der Waals surface area contributed by atoms with Crippen LogP contribution in [0.5, 0.6) is 5.75 Å². The summed E-state index contributed by atoms with van der Waals surface area (Å²) in [4.78, 5) is 3.00. The van der Waals surface area contributed by atoms with Crippen LogP contribution >= 0.6 is 23.8 Å². The molecule has 3 rings (SSSR count). The Kier molecular flexibility index (Phi) is 3.62. The number of hydrogen-bond acceptors (Lipinski definition) is 2. The summed E-state index contributed by atoms with van der Waals surface area (Å²) in [5.74, 6) is -0.286. The minimum atomic E-state index is -4.71. The summed E-state index contributed by atoms with van der Waals surface area (Å²) in [5.41, 5.74) is 2.14. The lowest BCUT2D eigenvalue weighted by Crippen LogP contribution is -2.17. The van der Waals surface area contributed by atoms with E-state index in [2.05, 4.69) is 9.72 Å². The van der Waals surface area contributed by atoms with Crippen molar-refractivity contribution in [1.29, 1.82) is 0 Å². The second-order valence-corrected chi connectivity index (χ2v) is 5.29. The van der Waals surface area contributed by atoms with Crippen molar-refractivity contribution in [2.24, 2.45) is 0 Å². The minimum absolute atomic E-state index is 0.286. The molecule has 8 heteroatoms. The molecule has 0 aliphatic heterocycles. The number of aromatic nitrogens is 2. The van der Waals surface area contributed by atoms with Crippen molar-refractivity contribution in [3.8, 4) is 11.4 Å². The standard InChI is InChI=1S/C14H8ClF3N2OS/c15-8-1-6-12-11(7-8)19-13(22)20(12)9-2-4-10(5-3-9)21-14(16,17)18/h1-7H,(H,19,22). The first kappa shape index (κ1) is 14.9. The molecule has 0 bridgehead atoms. The van der Waals surface area contributed by atoms with Crippen LogP contribution < -0.4 is 4.74 Å². The van der Waals surface area contributed by atoms with Gasteiger partial charge in [-0.15, -0.1) is 13.2 Å². The number of halogens is 4. The molecule has 0 spiro atoms. The predicted molar refractivity (Wildman–Crippen MR) is 80.2 cm³/mol. The fourth-order valence-corrected chi connectivity index (χ4v) is 2.62. The summed E-state index contributed by atoms with van der Waals surface area (Å²) in [6, 6.07) is 10.7. The molecule has 0 aliphatic rings. The molecule has 0 unspecified atom stereocenters. The molecular weight excluding hydrogens is 337 g/mol. The van der Waals surface area contributed by atoms with Crippen molar-refractivity contribution < 1.29 is 17.9 Å². The van der Waals surface area contributed by atoms with Gasteiger partial charge in [-0.25, -0.2) is 0 Å². The smallest absolute Gasteiger partial charge is 0.406 e. The van der Waals surface area contributed by atoms with Crippen LogP contribution in [0.1, 0.15) is 0 Å². The van der Waals surface area contributed by atoms with Gasteiger partial charge in [-0.2, -0.15) is 0 Å². The van der Waals surface area contributed by atoms with Crippen LogP contribution in [0.25, 0.3) is 16.7 Å². The van der Waals surface area contributed by atoms with E-state index >= 15 is 0 Å². The average molecular weight is 345 g/mol. The molecule has 0 radical (unpaired) electrons. The number of imidazole rings is 1. The number of fused-ring (bicyclic) bond motifs is 1. The molecule has 0 saturated carbocycles. The van der Waals surface area contributed by atoms with Crippen LogP contribution in [0.4, 0.5) is 13.2 Å². The Bertz CT molecular complexity index is 884. The first-order valence-electron chi connectivity index (χ1n) is 6.10. The summed E-state index contributed by atoms with van der Waals surface area (Å²) in [6.07, 6.45) is -4.71. The Hall–Kier alpha value is -1.99. The Morgan fingerprint density at radius 2 is 1.77 bits per heavy atom. The maximum atomic E-state index is 12.2. The lowest BCUT2D eigenvalue weighted by molar-refractivity contribution is -0.274. The highest BCUT2D eigenvalue weighted by Gasteiger charge is 2.30.